The fraction of sp³-hybridized carbons (Fsp3) is 0.240. The van der Waals surface area contributed by atoms with Crippen LogP contribution in [0.1, 0.15) is 38.2 Å². The van der Waals surface area contributed by atoms with E-state index in [1.165, 1.54) is 0 Å². The largest absolute Gasteiger partial charge is 0.308 e. The molecular formula is C25H26N2O3S. The number of carbonyl (C=O) groups is 1. The predicted molar refractivity (Wildman–Crippen MR) is 123 cm³/mol. The van der Waals surface area contributed by atoms with Crippen LogP contribution in [0.3, 0.4) is 0 Å². The molecule has 0 aromatic heterocycles. The van der Waals surface area contributed by atoms with Crippen molar-refractivity contribution in [3.05, 3.63) is 94.0 Å². The molecule has 0 aliphatic carbocycles. The van der Waals surface area contributed by atoms with Gasteiger partial charge in [0.1, 0.15) is 0 Å². The van der Waals surface area contributed by atoms with Crippen molar-refractivity contribution < 1.29 is 13.2 Å². The van der Waals surface area contributed by atoms with Gasteiger partial charge in [0.05, 0.1) is 4.90 Å². The number of amides is 1. The lowest BCUT2D eigenvalue weighted by Crippen LogP contribution is -2.28. The molecule has 3 aromatic rings. The van der Waals surface area contributed by atoms with Gasteiger partial charge in [0.15, 0.2) is 0 Å². The minimum absolute atomic E-state index is 0.0121. The van der Waals surface area contributed by atoms with Gasteiger partial charge in [-0.1, -0.05) is 35.9 Å². The van der Waals surface area contributed by atoms with Gasteiger partial charge in [0, 0.05) is 24.3 Å². The molecule has 1 heterocycles. The second-order valence-electron chi connectivity index (χ2n) is 8.11. The Labute approximate surface area is 183 Å². The van der Waals surface area contributed by atoms with Crippen LogP contribution in [0.25, 0.3) is 0 Å². The molecule has 6 heteroatoms. The number of carbonyl (C=O) groups excluding carboxylic acids is 1. The second-order valence-corrected chi connectivity index (χ2v) is 9.87. The Morgan fingerprint density at radius 1 is 0.935 bits per heavy atom. The van der Waals surface area contributed by atoms with Crippen LogP contribution < -0.4 is 9.62 Å². The van der Waals surface area contributed by atoms with Crippen molar-refractivity contribution in [1.82, 2.24) is 4.72 Å². The Kier molecular flexibility index (Phi) is 5.69. The van der Waals surface area contributed by atoms with E-state index in [0.717, 1.165) is 39.9 Å². The van der Waals surface area contributed by atoms with E-state index in [9.17, 15) is 13.2 Å². The molecule has 0 radical (unpaired) electrons. The van der Waals surface area contributed by atoms with Gasteiger partial charge in [-0.15, -0.1) is 0 Å². The Morgan fingerprint density at radius 2 is 1.68 bits per heavy atom. The van der Waals surface area contributed by atoms with Crippen molar-refractivity contribution >= 4 is 21.6 Å². The van der Waals surface area contributed by atoms with E-state index in [1.54, 1.807) is 17.0 Å². The summed E-state index contributed by atoms with van der Waals surface area (Å²) in [5, 5.41) is 0. The summed E-state index contributed by atoms with van der Waals surface area (Å²) in [5.74, 6) is -0.0121. The molecule has 5 nitrogen and oxygen atoms in total. The quantitative estimate of drug-likeness (QED) is 0.651. The summed E-state index contributed by atoms with van der Waals surface area (Å²) in [6.45, 7) is 6.68. The van der Waals surface area contributed by atoms with Crippen LogP contribution >= 0.6 is 0 Å². The highest BCUT2D eigenvalue weighted by Gasteiger charge is 2.26. The van der Waals surface area contributed by atoms with Crippen LogP contribution in [0, 0.1) is 20.8 Å². The SMILES string of the molecule is Cc1ccc(C(=O)N2CCc3cc(CNS(=O)(=O)c4ccc(C)c(C)c4)ccc32)cc1. The van der Waals surface area contributed by atoms with E-state index >= 15 is 0 Å². The van der Waals surface area contributed by atoms with Crippen LogP contribution in [0.5, 0.6) is 0 Å². The van der Waals surface area contributed by atoms with Gasteiger partial charge in [-0.05, 0) is 79.8 Å². The first-order chi connectivity index (χ1) is 14.7. The topological polar surface area (TPSA) is 66.5 Å². The van der Waals surface area contributed by atoms with Gasteiger partial charge in [-0.25, -0.2) is 13.1 Å². The average molecular weight is 435 g/mol. The van der Waals surface area contributed by atoms with Crippen molar-refractivity contribution in [3.63, 3.8) is 0 Å². The molecule has 3 aromatic carbocycles. The first-order valence-corrected chi connectivity index (χ1v) is 11.8. The molecule has 0 unspecified atom stereocenters. The fourth-order valence-electron chi connectivity index (χ4n) is 3.77. The Morgan fingerprint density at radius 3 is 2.39 bits per heavy atom. The molecule has 1 aliphatic heterocycles. The first kappa shape index (κ1) is 21.3. The molecule has 0 spiro atoms. The summed E-state index contributed by atoms with van der Waals surface area (Å²) < 4.78 is 28.0. The van der Waals surface area contributed by atoms with Crippen LogP contribution in [0.4, 0.5) is 5.69 Å². The molecule has 160 valence electrons. The highest BCUT2D eigenvalue weighted by Crippen LogP contribution is 2.30. The summed E-state index contributed by atoms with van der Waals surface area (Å²) in [4.78, 5) is 15.0. The lowest BCUT2D eigenvalue weighted by atomic mass is 10.1. The number of anilines is 1. The number of sulfonamides is 1. The van der Waals surface area contributed by atoms with Crippen LogP contribution in [0.2, 0.25) is 0 Å². The highest BCUT2D eigenvalue weighted by atomic mass is 32.2. The molecule has 0 atom stereocenters. The van der Waals surface area contributed by atoms with E-state index in [1.807, 2.05) is 69.3 Å². The Balaban J connectivity index is 1.48. The standard InChI is InChI=1S/C25H26N2O3S/c1-17-4-8-21(9-5-17)25(28)27-13-12-22-15-20(7-11-24(22)27)16-26-31(29,30)23-10-6-18(2)19(3)14-23/h4-11,14-15,26H,12-13,16H2,1-3H3. The maximum absolute atomic E-state index is 12.9. The summed E-state index contributed by atoms with van der Waals surface area (Å²) >= 11 is 0. The molecule has 1 amide bonds. The number of hydrogen-bond donors (Lipinski definition) is 1. The lowest BCUT2D eigenvalue weighted by Gasteiger charge is -2.18. The first-order valence-electron chi connectivity index (χ1n) is 10.3. The molecule has 4 rings (SSSR count). The zero-order valence-corrected chi connectivity index (χ0v) is 18.8. The van der Waals surface area contributed by atoms with E-state index in [4.69, 9.17) is 0 Å². The molecular weight excluding hydrogens is 408 g/mol. The Bertz CT molecular complexity index is 1250. The molecule has 0 bridgehead atoms. The molecule has 31 heavy (non-hydrogen) atoms. The van der Waals surface area contributed by atoms with Crippen molar-refractivity contribution in [3.8, 4) is 0 Å². The lowest BCUT2D eigenvalue weighted by molar-refractivity contribution is 0.0989. The number of rotatable bonds is 5. The molecule has 1 aliphatic rings. The number of benzene rings is 3. The fourth-order valence-corrected chi connectivity index (χ4v) is 4.87. The summed E-state index contributed by atoms with van der Waals surface area (Å²) in [6.07, 6.45) is 0.755. The normalized spacial score (nSPS) is 13.3. The van der Waals surface area contributed by atoms with Crippen molar-refractivity contribution in [1.29, 1.82) is 0 Å². The number of nitrogens with one attached hydrogen (secondary N) is 1. The van der Waals surface area contributed by atoms with E-state index in [2.05, 4.69) is 4.72 Å². The monoisotopic (exact) mass is 434 g/mol. The molecule has 0 saturated heterocycles. The Hall–Kier alpha value is -2.96. The maximum Gasteiger partial charge on any atom is 0.258 e. The second kappa shape index (κ2) is 8.29. The minimum atomic E-state index is -3.59. The van der Waals surface area contributed by atoms with Gasteiger partial charge in [-0.3, -0.25) is 4.79 Å². The number of hydrogen-bond acceptors (Lipinski definition) is 3. The third-order valence-electron chi connectivity index (χ3n) is 5.84. The van der Waals surface area contributed by atoms with Gasteiger partial charge < -0.3 is 4.90 Å². The predicted octanol–water partition coefficient (Wildman–Crippen LogP) is 4.29. The smallest absolute Gasteiger partial charge is 0.258 e. The van der Waals surface area contributed by atoms with Crippen molar-refractivity contribution in [2.75, 3.05) is 11.4 Å². The van der Waals surface area contributed by atoms with Crippen LogP contribution in [-0.4, -0.2) is 20.9 Å². The maximum atomic E-state index is 12.9. The van der Waals surface area contributed by atoms with Gasteiger partial charge in [0.2, 0.25) is 10.0 Å². The minimum Gasteiger partial charge on any atom is -0.308 e. The summed E-state index contributed by atoms with van der Waals surface area (Å²) in [5.41, 5.74) is 6.61. The van der Waals surface area contributed by atoms with Crippen LogP contribution in [0.15, 0.2) is 65.6 Å². The van der Waals surface area contributed by atoms with E-state index < -0.39 is 10.0 Å². The third kappa shape index (κ3) is 4.40. The zero-order chi connectivity index (χ0) is 22.2. The highest BCUT2D eigenvalue weighted by molar-refractivity contribution is 7.89. The van der Waals surface area contributed by atoms with E-state index in [0.29, 0.717) is 12.1 Å². The summed E-state index contributed by atoms with van der Waals surface area (Å²) in [7, 11) is -3.59. The summed E-state index contributed by atoms with van der Waals surface area (Å²) in [6, 6.07) is 18.5. The molecule has 1 N–H and O–H groups in total. The van der Waals surface area contributed by atoms with E-state index in [-0.39, 0.29) is 17.3 Å². The van der Waals surface area contributed by atoms with Gasteiger partial charge >= 0.3 is 0 Å². The van der Waals surface area contributed by atoms with Crippen LogP contribution in [-0.2, 0) is 23.0 Å². The third-order valence-corrected chi connectivity index (χ3v) is 7.24. The van der Waals surface area contributed by atoms with Crippen molar-refractivity contribution in [2.24, 2.45) is 0 Å². The van der Waals surface area contributed by atoms with Gasteiger partial charge in [0.25, 0.3) is 5.91 Å². The molecule has 0 fully saturated rings. The number of fused-ring (bicyclic) bond motifs is 1. The van der Waals surface area contributed by atoms with Gasteiger partial charge in [-0.2, -0.15) is 0 Å². The number of aryl methyl sites for hydroxylation is 3. The molecule has 0 saturated carbocycles. The van der Waals surface area contributed by atoms with Crippen molar-refractivity contribution in [2.45, 2.75) is 38.6 Å². The zero-order valence-electron chi connectivity index (χ0n) is 18.0. The number of nitrogens with zero attached hydrogens (tertiary/aromatic N) is 1. The average Bonchev–Trinajstić information content (AvgIpc) is 3.17.